The van der Waals surface area contributed by atoms with E-state index in [4.69, 9.17) is 9.84 Å². The minimum absolute atomic E-state index is 0.00469. The van der Waals surface area contributed by atoms with Crippen molar-refractivity contribution in [3.8, 4) is 5.75 Å². The second-order valence-electron chi connectivity index (χ2n) is 7.13. The highest BCUT2D eigenvalue weighted by Crippen LogP contribution is 2.26. The van der Waals surface area contributed by atoms with Crippen LogP contribution in [-0.2, 0) is 22.6 Å². The number of aliphatic carboxylic acids is 1. The molecule has 2 heterocycles. The minimum Gasteiger partial charge on any atom is -0.493 e. The van der Waals surface area contributed by atoms with Crippen LogP contribution in [0.2, 0.25) is 0 Å². The lowest BCUT2D eigenvalue weighted by molar-refractivity contribution is -0.143. The molecule has 7 nitrogen and oxygen atoms in total. The van der Waals surface area contributed by atoms with Crippen molar-refractivity contribution in [3.63, 3.8) is 0 Å². The number of carboxylic acids is 1. The smallest absolute Gasteiger partial charge is 0.320 e. The highest BCUT2D eigenvalue weighted by molar-refractivity contribution is 5.80. The number of likely N-dealkylation sites (N-methyl/N-ethyl adjacent to an activating group) is 1. The number of ether oxygens (including phenoxy) is 1. The number of rotatable bonds is 6. The van der Waals surface area contributed by atoms with Crippen LogP contribution in [0.25, 0.3) is 0 Å². The molecule has 1 aromatic rings. The number of piperazine rings is 1. The first kappa shape index (κ1) is 18.7. The Morgan fingerprint density at radius 1 is 1.27 bits per heavy atom. The molecule has 0 saturated carbocycles. The number of benzene rings is 1. The SMILES string of the molecule is CC(C(=O)O)N(C)CC(=O)N1CCN(Cc2ccc3c(c2)CCO3)CC1. The van der Waals surface area contributed by atoms with Crippen molar-refractivity contribution < 1.29 is 19.4 Å². The van der Waals surface area contributed by atoms with Gasteiger partial charge < -0.3 is 14.7 Å². The van der Waals surface area contributed by atoms with Crippen molar-refractivity contribution in [3.05, 3.63) is 29.3 Å². The lowest BCUT2D eigenvalue weighted by Gasteiger charge is -2.35. The van der Waals surface area contributed by atoms with E-state index >= 15 is 0 Å². The van der Waals surface area contributed by atoms with Crippen LogP contribution in [0, 0.1) is 0 Å². The maximum atomic E-state index is 12.4. The third kappa shape index (κ3) is 4.34. The molecule has 0 radical (unpaired) electrons. The highest BCUT2D eigenvalue weighted by Gasteiger charge is 2.25. The van der Waals surface area contributed by atoms with Crippen molar-refractivity contribution in [1.29, 1.82) is 0 Å². The minimum atomic E-state index is -0.912. The predicted molar refractivity (Wildman–Crippen MR) is 97.2 cm³/mol. The van der Waals surface area contributed by atoms with Crippen LogP contribution in [-0.4, -0.2) is 84.1 Å². The molecule has 142 valence electrons. The molecule has 1 N–H and O–H groups in total. The fraction of sp³-hybridized carbons (Fsp3) is 0.579. The summed E-state index contributed by atoms with van der Waals surface area (Å²) in [7, 11) is 1.67. The van der Waals surface area contributed by atoms with Crippen LogP contribution < -0.4 is 4.74 Å². The number of fused-ring (bicyclic) bond motifs is 1. The Hall–Kier alpha value is -2.12. The van der Waals surface area contributed by atoms with Gasteiger partial charge in [0, 0.05) is 39.1 Å². The Morgan fingerprint density at radius 2 is 2.00 bits per heavy atom. The Morgan fingerprint density at radius 3 is 2.69 bits per heavy atom. The number of amides is 1. The van der Waals surface area contributed by atoms with E-state index in [-0.39, 0.29) is 12.5 Å². The van der Waals surface area contributed by atoms with E-state index in [1.165, 1.54) is 11.1 Å². The van der Waals surface area contributed by atoms with Crippen LogP contribution >= 0.6 is 0 Å². The molecule has 1 amide bonds. The lowest BCUT2D eigenvalue weighted by atomic mass is 10.1. The molecule has 1 atom stereocenters. The van der Waals surface area contributed by atoms with Gasteiger partial charge in [-0.25, -0.2) is 0 Å². The van der Waals surface area contributed by atoms with Crippen LogP contribution in [0.5, 0.6) is 5.75 Å². The molecule has 1 fully saturated rings. The molecule has 0 aromatic heterocycles. The average molecular weight is 361 g/mol. The number of hydrogen-bond acceptors (Lipinski definition) is 5. The second-order valence-corrected chi connectivity index (χ2v) is 7.13. The van der Waals surface area contributed by atoms with Crippen LogP contribution in [0.4, 0.5) is 0 Å². The molecule has 7 heteroatoms. The van der Waals surface area contributed by atoms with Gasteiger partial charge in [0.15, 0.2) is 0 Å². The van der Waals surface area contributed by atoms with Crippen molar-refractivity contribution in [2.45, 2.75) is 25.9 Å². The van der Waals surface area contributed by atoms with Gasteiger partial charge in [0.2, 0.25) is 5.91 Å². The third-order valence-corrected chi connectivity index (χ3v) is 5.29. The molecule has 0 aliphatic carbocycles. The first-order valence-corrected chi connectivity index (χ1v) is 9.12. The van der Waals surface area contributed by atoms with Gasteiger partial charge in [-0.15, -0.1) is 0 Å². The topological polar surface area (TPSA) is 73.3 Å². The number of carboxylic acid groups (broad SMARTS) is 1. The summed E-state index contributed by atoms with van der Waals surface area (Å²) < 4.78 is 5.55. The van der Waals surface area contributed by atoms with E-state index in [2.05, 4.69) is 23.1 Å². The van der Waals surface area contributed by atoms with Crippen LogP contribution in [0.3, 0.4) is 0 Å². The van der Waals surface area contributed by atoms with E-state index in [1.807, 2.05) is 4.90 Å². The summed E-state index contributed by atoms with van der Waals surface area (Å²) in [6.07, 6.45) is 0.980. The van der Waals surface area contributed by atoms with Gasteiger partial charge >= 0.3 is 5.97 Å². The number of nitrogens with zero attached hydrogens (tertiary/aromatic N) is 3. The quantitative estimate of drug-likeness (QED) is 0.803. The summed E-state index contributed by atoms with van der Waals surface area (Å²) in [6, 6.07) is 5.73. The van der Waals surface area contributed by atoms with Gasteiger partial charge in [-0.1, -0.05) is 12.1 Å². The van der Waals surface area contributed by atoms with E-state index in [0.29, 0.717) is 13.1 Å². The molecule has 3 rings (SSSR count). The van der Waals surface area contributed by atoms with Gasteiger partial charge in [0.05, 0.1) is 13.2 Å². The number of carbonyl (C=O) groups is 2. The van der Waals surface area contributed by atoms with E-state index < -0.39 is 12.0 Å². The Labute approximate surface area is 154 Å². The fourth-order valence-corrected chi connectivity index (χ4v) is 3.39. The Kier molecular flexibility index (Phi) is 5.78. The summed E-state index contributed by atoms with van der Waals surface area (Å²) in [4.78, 5) is 29.1. The van der Waals surface area contributed by atoms with Gasteiger partial charge in [-0.2, -0.15) is 0 Å². The lowest BCUT2D eigenvalue weighted by Crippen LogP contribution is -2.51. The molecule has 1 saturated heterocycles. The molecular formula is C19H27N3O4. The van der Waals surface area contributed by atoms with E-state index in [1.54, 1.807) is 18.9 Å². The largest absolute Gasteiger partial charge is 0.493 e. The predicted octanol–water partition coefficient (Wildman–Crippen LogP) is 0.671. The summed E-state index contributed by atoms with van der Waals surface area (Å²) >= 11 is 0. The zero-order chi connectivity index (χ0) is 18.7. The Bertz CT molecular complexity index is 671. The maximum Gasteiger partial charge on any atom is 0.320 e. The van der Waals surface area contributed by atoms with E-state index in [0.717, 1.165) is 38.4 Å². The van der Waals surface area contributed by atoms with Crippen molar-refractivity contribution in [2.75, 3.05) is 46.4 Å². The van der Waals surface area contributed by atoms with Crippen molar-refractivity contribution in [2.24, 2.45) is 0 Å². The van der Waals surface area contributed by atoms with Gasteiger partial charge in [-0.05, 0) is 31.2 Å². The first-order valence-electron chi connectivity index (χ1n) is 9.12. The molecule has 26 heavy (non-hydrogen) atoms. The first-order chi connectivity index (χ1) is 12.4. The number of hydrogen-bond donors (Lipinski definition) is 1. The van der Waals surface area contributed by atoms with Gasteiger partial charge in [-0.3, -0.25) is 19.4 Å². The summed E-state index contributed by atoms with van der Waals surface area (Å²) in [6.45, 7) is 6.41. The standard InChI is InChI=1S/C19H27N3O4/c1-14(19(24)25)20(2)13-18(23)22-8-6-21(7-9-22)12-15-3-4-17-16(11-15)5-10-26-17/h3-4,11,14H,5-10,12-13H2,1-2H3,(H,24,25). The monoisotopic (exact) mass is 361 g/mol. The molecule has 1 aromatic carbocycles. The molecule has 2 aliphatic heterocycles. The second kappa shape index (κ2) is 8.05. The molecule has 0 bridgehead atoms. The van der Waals surface area contributed by atoms with Crippen molar-refractivity contribution >= 4 is 11.9 Å². The van der Waals surface area contributed by atoms with Crippen molar-refractivity contribution in [1.82, 2.24) is 14.7 Å². The normalized spacial score (nSPS) is 18.5. The molecule has 1 unspecified atom stereocenters. The van der Waals surface area contributed by atoms with Gasteiger partial charge in [0.25, 0.3) is 0 Å². The third-order valence-electron chi connectivity index (χ3n) is 5.29. The maximum absolute atomic E-state index is 12.4. The zero-order valence-corrected chi connectivity index (χ0v) is 15.5. The average Bonchev–Trinajstić information content (AvgIpc) is 3.09. The van der Waals surface area contributed by atoms with E-state index in [9.17, 15) is 9.59 Å². The fourth-order valence-electron chi connectivity index (χ4n) is 3.39. The van der Waals surface area contributed by atoms with Crippen LogP contribution in [0.15, 0.2) is 18.2 Å². The summed E-state index contributed by atoms with van der Waals surface area (Å²) in [5.41, 5.74) is 2.57. The molecule has 2 aliphatic rings. The summed E-state index contributed by atoms with van der Waals surface area (Å²) in [5.74, 6) is 0.0867. The highest BCUT2D eigenvalue weighted by atomic mass is 16.5. The zero-order valence-electron chi connectivity index (χ0n) is 15.5. The van der Waals surface area contributed by atoms with Crippen LogP contribution in [0.1, 0.15) is 18.1 Å². The number of carbonyl (C=O) groups excluding carboxylic acids is 1. The molecular weight excluding hydrogens is 334 g/mol. The molecule has 0 spiro atoms. The Balaban J connectivity index is 1.46. The van der Waals surface area contributed by atoms with Gasteiger partial charge in [0.1, 0.15) is 11.8 Å². The summed E-state index contributed by atoms with van der Waals surface area (Å²) in [5, 5.41) is 9.03.